The number of carbonyl (C=O) groups is 2. The van der Waals surface area contributed by atoms with Crippen LogP contribution in [0.25, 0.3) is 0 Å². The summed E-state index contributed by atoms with van der Waals surface area (Å²) in [5.41, 5.74) is 0.754. The second kappa shape index (κ2) is 7.97. The van der Waals surface area contributed by atoms with Gasteiger partial charge in [0.2, 0.25) is 5.91 Å². The van der Waals surface area contributed by atoms with Gasteiger partial charge >= 0.3 is 0 Å². The molecule has 0 spiro atoms. The van der Waals surface area contributed by atoms with E-state index < -0.39 is 12.1 Å². The molecule has 0 aromatic heterocycles. The molecule has 2 atom stereocenters. The number of nitrogens with zero attached hydrogens (tertiary/aromatic N) is 1. The number of amides is 2. The van der Waals surface area contributed by atoms with Gasteiger partial charge < -0.3 is 20.3 Å². The number of carbonyl (C=O) groups excluding carboxylic acids is 2. The number of halogens is 2. The van der Waals surface area contributed by atoms with Crippen LogP contribution < -0.4 is 15.5 Å². The molecule has 3 rings (SSSR count). The first-order chi connectivity index (χ1) is 10.6. The van der Waals surface area contributed by atoms with Gasteiger partial charge in [-0.1, -0.05) is 17.7 Å². The number of benzene rings is 1. The number of morpholine rings is 1. The minimum absolute atomic E-state index is 0. The molecule has 0 bridgehead atoms. The Kier molecular flexibility index (Phi) is 6.24. The fourth-order valence-electron chi connectivity index (χ4n) is 2.71. The maximum Gasteiger partial charge on any atom is 0.251 e. The molecule has 1 aromatic carbocycles. The molecule has 2 aliphatic rings. The van der Waals surface area contributed by atoms with Crippen molar-refractivity contribution in [2.75, 3.05) is 31.1 Å². The molecule has 0 aliphatic carbocycles. The van der Waals surface area contributed by atoms with Gasteiger partial charge in [0, 0.05) is 30.3 Å². The molecule has 23 heavy (non-hydrogen) atoms. The van der Waals surface area contributed by atoms with Gasteiger partial charge in [-0.2, -0.15) is 0 Å². The lowest BCUT2D eigenvalue weighted by Crippen LogP contribution is -2.51. The summed E-state index contributed by atoms with van der Waals surface area (Å²) in [6.07, 6.45) is 0.0545. The molecule has 2 amide bonds. The number of hydrogen-bond acceptors (Lipinski definition) is 4. The summed E-state index contributed by atoms with van der Waals surface area (Å²) in [4.78, 5) is 26.2. The van der Waals surface area contributed by atoms with Gasteiger partial charge in [0.05, 0.1) is 6.61 Å². The zero-order valence-corrected chi connectivity index (χ0v) is 14.0. The van der Waals surface area contributed by atoms with E-state index >= 15 is 0 Å². The van der Waals surface area contributed by atoms with Gasteiger partial charge in [0.25, 0.3) is 5.91 Å². The molecule has 2 heterocycles. The highest BCUT2D eigenvalue weighted by molar-refractivity contribution is 6.31. The predicted octanol–water partition coefficient (Wildman–Crippen LogP) is 0.972. The van der Waals surface area contributed by atoms with Crippen molar-refractivity contribution < 1.29 is 14.3 Å². The highest BCUT2D eigenvalue weighted by Crippen LogP contribution is 2.24. The van der Waals surface area contributed by atoms with Crippen LogP contribution in [0.5, 0.6) is 0 Å². The summed E-state index contributed by atoms with van der Waals surface area (Å²) in [6, 6.07) is 6.65. The number of ether oxygens (including phenoxy) is 1. The van der Waals surface area contributed by atoms with Crippen LogP contribution >= 0.6 is 24.0 Å². The summed E-state index contributed by atoms with van der Waals surface area (Å²) in [5.74, 6) is -0.349. The summed E-state index contributed by atoms with van der Waals surface area (Å²) in [5, 5.41) is 6.46. The third-order valence-corrected chi connectivity index (χ3v) is 4.10. The van der Waals surface area contributed by atoms with E-state index in [1.54, 1.807) is 23.1 Å². The monoisotopic (exact) mass is 359 g/mol. The van der Waals surface area contributed by atoms with E-state index in [-0.39, 0.29) is 24.2 Å². The zero-order chi connectivity index (χ0) is 15.5. The lowest BCUT2D eigenvalue weighted by atomic mass is 10.2. The van der Waals surface area contributed by atoms with E-state index in [9.17, 15) is 9.59 Å². The van der Waals surface area contributed by atoms with Crippen molar-refractivity contribution in [1.29, 1.82) is 0 Å². The first kappa shape index (κ1) is 18.0. The SMILES string of the molecule is Cl.O=C(NC1CCN(c2cccc(Cl)c2)C1=O)C1CNCCO1. The number of nitrogens with one attached hydrogen (secondary N) is 2. The molecular formula is C15H19Cl2N3O3. The molecule has 1 aromatic rings. The molecule has 0 saturated carbocycles. The third-order valence-electron chi connectivity index (χ3n) is 3.86. The average molecular weight is 360 g/mol. The van der Waals surface area contributed by atoms with E-state index in [4.69, 9.17) is 16.3 Å². The Labute approximate surface area is 145 Å². The Hall–Kier alpha value is -1.34. The second-order valence-corrected chi connectivity index (χ2v) is 5.82. The van der Waals surface area contributed by atoms with Gasteiger partial charge in [0.1, 0.15) is 12.1 Å². The molecule has 2 unspecified atom stereocenters. The number of rotatable bonds is 3. The summed E-state index contributed by atoms with van der Waals surface area (Å²) in [6.45, 7) is 2.29. The first-order valence-electron chi connectivity index (χ1n) is 7.35. The maximum absolute atomic E-state index is 12.4. The van der Waals surface area contributed by atoms with Crippen molar-refractivity contribution >= 4 is 41.5 Å². The summed E-state index contributed by atoms with van der Waals surface area (Å²) >= 11 is 5.96. The topological polar surface area (TPSA) is 70.7 Å². The van der Waals surface area contributed by atoms with Crippen LogP contribution in [-0.2, 0) is 14.3 Å². The Morgan fingerprint density at radius 3 is 2.96 bits per heavy atom. The second-order valence-electron chi connectivity index (χ2n) is 5.38. The highest BCUT2D eigenvalue weighted by atomic mass is 35.5. The predicted molar refractivity (Wildman–Crippen MR) is 90.2 cm³/mol. The Morgan fingerprint density at radius 1 is 1.43 bits per heavy atom. The zero-order valence-electron chi connectivity index (χ0n) is 12.5. The van der Waals surface area contributed by atoms with Crippen molar-refractivity contribution in [3.05, 3.63) is 29.3 Å². The van der Waals surface area contributed by atoms with Gasteiger partial charge in [-0.15, -0.1) is 12.4 Å². The van der Waals surface area contributed by atoms with Crippen LogP contribution in [0.1, 0.15) is 6.42 Å². The fraction of sp³-hybridized carbons (Fsp3) is 0.467. The van der Waals surface area contributed by atoms with E-state index in [1.165, 1.54) is 0 Å². The van der Waals surface area contributed by atoms with Crippen LogP contribution in [0.15, 0.2) is 24.3 Å². The molecule has 2 saturated heterocycles. The Bertz CT molecular complexity index is 579. The number of hydrogen-bond donors (Lipinski definition) is 2. The van der Waals surface area contributed by atoms with Gasteiger partial charge in [0.15, 0.2) is 0 Å². The highest BCUT2D eigenvalue weighted by Gasteiger charge is 2.35. The minimum atomic E-state index is -0.526. The van der Waals surface area contributed by atoms with Crippen LogP contribution in [-0.4, -0.2) is 50.2 Å². The maximum atomic E-state index is 12.4. The van der Waals surface area contributed by atoms with Crippen molar-refractivity contribution in [1.82, 2.24) is 10.6 Å². The Morgan fingerprint density at radius 2 is 2.26 bits per heavy atom. The van der Waals surface area contributed by atoms with E-state index in [0.717, 1.165) is 12.2 Å². The summed E-state index contributed by atoms with van der Waals surface area (Å²) in [7, 11) is 0. The summed E-state index contributed by atoms with van der Waals surface area (Å²) < 4.78 is 5.40. The molecule has 2 fully saturated rings. The van der Waals surface area contributed by atoms with Crippen molar-refractivity contribution in [2.24, 2.45) is 0 Å². The van der Waals surface area contributed by atoms with Crippen LogP contribution in [0.2, 0.25) is 5.02 Å². The van der Waals surface area contributed by atoms with Crippen LogP contribution in [0.4, 0.5) is 5.69 Å². The van der Waals surface area contributed by atoms with Gasteiger partial charge in [-0.25, -0.2) is 0 Å². The van der Waals surface area contributed by atoms with Crippen molar-refractivity contribution in [2.45, 2.75) is 18.6 Å². The molecule has 0 radical (unpaired) electrons. The van der Waals surface area contributed by atoms with Gasteiger partial charge in [-0.05, 0) is 24.6 Å². The van der Waals surface area contributed by atoms with Crippen LogP contribution in [0, 0.1) is 0 Å². The average Bonchev–Trinajstić information content (AvgIpc) is 2.89. The number of anilines is 1. The normalized spacial score (nSPS) is 24.2. The molecule has 2 N–H and O–H groups in total. The fourth-order valence-corrected chi connectivity index (χ4v) is 2.90. The van der Waals surface area contributed by atoms with Gasteiger partial charge in [-0.3, -0.25) is 9.59 Å². The van der Waals surface area contributed by atoms with Crippen LogP contribution in [0.3, 0.4) is 0 Å². The minimum Gasteiger partial charge on any atom is -0.366 e. The first-order valence-corrected chi connectivity index (χ1v) is 7.72. The van der Waals surface area contributed by atoms with E-state index in [1.807, 2.05) is 6.07 Å². The molecule has 2 aliphatic heterocycles. The molecule has 6 nitrogen and oxygen atoms in total. The lowest BCUT2D eigenvalue weighted by molar-refractivity contribution is -0.136. The smallest absolute Gasteiger partial charge is 0.251 e. The van der Waals surface area contributed by atoms with Crippen molar-refractivity contribution in [3.8, 4) is 0 Å². The quantitative estimate of drug-likeness (QED) is 0.843. The third kappa shape index (κ3) is 4.14. The largest absolute Gasteiger partial charge is 0.366 e. The van der Waals surface area contributed by atoms with E-state index in [2.05, 4.69) is 10.6 Å². The molecular weight excluding hydrogens is 341 g/mol. The lowest BCUT2D eigenvalue weighted by Gasteiger charge is -2.24. The molecule has 126 valence electrons. The van der Waals surface area contributed by atoms with Crippen molar-refractivity contribution in [3.63, 3.8) is 0 Å². The Balaban J connectivity index is 0.00000192. The standard InChI is InChI=1S/C15H18ClN3O3.ClH/c16-10-2-1-3-11(8-10)19-6-4-12(15(19)21)18-14(20)13-9-17-5-7-22-13;/h1-3,8,12-13,17H,4-7,9H2,(H,18,20);1H. The van der Waals surface area contributed by atoms with E-state index in [0.29, 0.717) is 31.1 Å². The molecule has 8 heteroatoms.